The number of carbonyl (C=O) groups is 1. The Balaban J connectivity index is 1.50. The van der Waals surface area contributed by atoms with E-state index >= 15 is 0 Å². The topological polar surface area (TPSA) is 64.1 Å². The molecule has 0 radical (unpaired) electrons. The number of ether oxygens (including phenoxy) is 1. The van der Waals surface area contributed by atoms with Crippen molar-refractivity contribution in [3.8, 4) is 16.3 Å². The SMILES string of the molecule is Cc1ccc(-c2nc3cccnc3s2)cc1NC(=O)COc1ccccc1Cl. The highest BCUT2D eigenvalue weighted by atomic mass is 35.5. The van der Waals surface area contributed by atoms with E-state index in [1.807, 2.05) is 43.3 Å². The summed E-state index contributed by atoms with van der Waals surface area (Å²) in [6.07, 6.45) is 1.75. The van der Waals surface area contributed by atoms with Crippen molar-refractivity contribution in [1.82, 2.24) is 9.97 Å². The summed E-state index contributed by atoms with van der Waals surface area (Å²) in [5.41, 5.74) is 3.46. The van der Waals surface area contributed by atoms with Crippen molar-refractivity contribution in [2.24, 2.45) is 0 Å². The third kappa shape index (κ3) is 3.98. The van der Waals surface area contributed by atoms with Crippen molar-refractivity contribution in [1.29, 1.82) is 0 Å². The van der Waals surface area contributed by atoms with Crippen LogP contribution in [0.1, 0.15) is 5.56 Å². The molecular weight excluding hydrogens is 394 g/mol. The van der Waals surface area contributed by atoms with Crippen LogP contribution in [0.2, 0.25) is 5.02 Å². The Morgan fingerprint density at radius 3 is 2.86 bits per heavy atom. The Labute approximate surface area is 171 Å². The van der Waals surface area contributed by atoms with E-state index in [1.165, 1.54) is 11.3 Å². The molecule has 0 unspecified atom stereocenters. The molecular formula is C21H16ClN3O2S. The monoisotopic (exact) mass is 409 g/mol. The Kier molecular flexibility index (Phi) is 5.23. The normalized spacial score (nSPS) is 10.8. The van der Waals surface area contributed by atoms with Crippen LogP contribution in [0.5, 0.6) is 5.75 Å². The van der Waals surface area contributed by atoms with Crippen molar-refractivity contribution in [3.05, 3.63) is 71.4 Å². The number of fused-ring (bicyclic) bond motifs is 1. The van der Waals surface area contributed by atoms with Crippen molar-refractivity contribution in [3.63, 3.8) is 0 Å². The van der Waals surface area contributed by atoms with Crippen LogP contribution in [0, 0.1) is 6.92 Å². The molecule has 0 aliphatic carbocycles. The van der Waals surface area contributed by atoms with E-state index in [2.05, 4.69) is 15.3 Å². The minimum Gasteiger partial charge on any atom is -0.482 e. The predicted octanol–water partition coefficient (Wildman–Crippen LogP) is 5.34. The van der Waals surface area contributed by atoms with Gasteiger partial charge in [0.05, 0.1) is 5.02 Å². The van der Waals surface area contributed by atoms with Crippen molar-refractivity contribution in [2.45, 2.75) is 6.92 Å². The zero-order valence-corrected chi connectivity index (χ0v) is 16.6. The number of amides is 1. The maximum Gasteiger partial charge on any atom is 0.262 e. The number of aryl methyl sites for hydroxylation is 1. The molecule has 140 valence electrons. The second-order valence-electron chi connectivity index (χ2n) is 6.14. The number of benzene rings is 2. The predicted molar refractivity (Wildman–Crippen MR) is 113 cm³/mol. The molecule has 0 bridgehead atoms. The summed E-state index contributed by atoms with van der Waals surface area (Å²) in [6, 6.07) is 16.7. The molecule has 4 rings (SSSR count). The summed E-state index contributed by atoms with van der Waals surface area (Å²) in [6.45, 7) is 1.81. The number of rotatable bonds is 5. The molecule has 0 aliphatic rings. The van der Waals surface area contributed by atoms with Gasteiger partial charge in [0.25, 0.3) is 5.91 Å². The lowest BCUT2D eigenvalue weighted by Crippen LogP contribution is -2.20. The van der Waals surface area contributed by atoms with E-state index in [0.717, 1.165) is 32.2 Å². The van der Waals surface area contributed by atoms with E-state index in [0.29, 0.717) is 10.8 Å². The fourth-order valence-electron chi connectivity index (χ4n) is 2.67. The number of pyridine rings is 1. The molecule has 0 aliphatic heterocycles. The molecule has 4 aromatic rings. The lowest BCUT2D eigenvalue weighted by molar-refractivity contribution is -0.118. The third-order valence-electron chi connectivity index (χ3n) is 4.12. The quantitative estimate of drug-likeness (QED) is 0.483. The van der Waals surface area contributed by atoms with Crippen LogP contribution in [0.4, 0.5) is 5.69 Å². The maximum absolute atomic E-state index is 12.3. The lowest BCUT2D eigenvalue weighted by Gasteiger charge is -2.11. The number of nitrogens with one attached hydrogen (secondary N) is 1. The highest BCUT2D eigenvalue weighted by molar-refractivity contribution is 7.21. The van der Waals surface area contributed by atoms with Gasteiger partial charge in [0, 0.05) is 17.4 Å². The number of hydrogen-bond donors (Lipinski definition) is 1. The van der Waals surface area contributed by atoms with Crippen LogP contribution in [-0.2, 0) is 4.79 Å². The van der Waals surface area contributed by atoms with E-state index in [4.69, 9.17) is 16.3 Å². The summed E-state index contributed by atoms with van der Waals surface area (Å²) in [7, 11) is 0. The number of anilines is 1. The van der Waals surface area contributed by atoms with E-state index in [-0.39, 0.29) is 12.5 Å². The van der Waals surface area contributed by atoms with E-state index < -0.39 is 0 Å². The second kappa shape index (κ2) is 7.96. The molecule has 2 heterocycles. The number of para-hydroxylation sites is 1. The molecule has 7 heteroatoms. The summed E-state index contributed by atoms with van der Waals surface area (Å²) < 4.78 is 5.50. The standard InChI is InChI=1S/C21H16ClN3O2S/c1-13-8-9-14(20-25-16-6-4-10-23-21(16)28-20)11-17(13)24-19(26)12-27-18-7-3-2-5-15(18)22/h2-11H,12H2,1H3,(H,24,26). The van der Waals surface area contributed by atoms with Crippen molar-refractivity contribution < 1.29 is 9.53 Å². The lowest BCUT2D eigenvalue weighted by atomic mass is 10.1. The van der Waals surface area contributed by atoms with Crippen LogP contribution in [0.3, 0.4) is 0 Å². The molecule has 0 fully saturated rings. The van der Waals surface area contributed by atoms with Gasteiger partial charge in [0.1, 0.15) is 21.1 Å². The van der Waals surface area contributed by atoms with Gasteiger partial charge >= 0.3 is 0 Å². The Hall–Kier alpha value is -2.96. The highest BCUT2D eigenvalue weighted by Crippen LogP contribution is 2.31. The molecule has 0 spiro atoms. The number of hydrogen-bond acceptors (Lipinski definition) is 5. The first-order chi connectivity index (χ1) is 13.6. The van der Waals surface area contributed by atoms with E-state index in [1.54, 1.807) is 24.4 Å². The summed E-state index contributed by atoms with van der Waals surface area (Å²) in [4.78, 5) is 22.2. The van der Waals surface area contributed by atoms with Gasteiger partial charge in [0.2, 0.25) is 0 Å². The molecule has 1 amide bonds. The molecule has 28 heavy (non-hydrogen) atoms. The van der Waals surface area contributed by atoms with Crippen LogP contribution in [0.25, 0.3) is 20.9 Å². The van der Waals surface area contributed by atoms with Crippen LogP contribution in [0.15, 0.2) is 60.8 Å². The summed E-state index contributed by atoms with van der Waals surface area (Å²) in [5, 5.41) is 4.23. The average Bonchev–Trinajstić information content (AvgIpc) is 3.13. The minimum absolute atomic E-state index is 0.127. The molecule has 0 saturated carbocycles. The first-order valence-corrected chi connectivity index (χ1v) is 9.79. The molecule has 5 nitrogen and oxygen atoms in total. The fourth-order valence-corrected chi connectivity index (χ4v) is 3.77. The van der Waals surface area contributed by atoms with Gasteiger partial charge in [-0.2, -0.15) is 0 Å². The number of aromatic nitrogens is 2. The van der Waals surface area contributed by atoms with Crippen molar-refractivity contribution in [2.75, 3.05) is 11.9 Å². The van der Waals surface area contributed by atoms with Gasteiger partial charge in [-0.3, -0.25) is 4.79 Å². The Bertz CT molecular complexity index is 1130. The average molecular weight is 410 g/mol. The number of carbonyl (C=O) groups excluding carboxylic acids is 1. The fraction of sp³-hybridized carbons (Fsp3) is 0.0952. The molecule has 2 aromatic heterocycles. The molecule has 0 saturated heterocycles. The molecule has 2 aromatic carbocycles. The van der Waals surface area contributed by atoms with Gasteiger partial charge in [-0.05, 0) is 42.8 Å². The zero-order valence-electron chi connectivity index (χ0n) is 15.0. The highest BCUT2D eigenvalue weighted by Gasteiger charge is 2.11. The first-order valence-electron chi connectivity index (χ1n) is 8.60. The van der Waals surface area contributed by atoms with Crippen LogP contribution in [-0.4, -0.2) is 22.5 Å². The zero-order chi connectivity index (χ0) is 19.5. The van der Waals surface area contributed by atoms with Gasteiger partial charge < -0.3 is 10.1 Å². The molecule has 1 N–H and O–H groups in total. The van der Waals surface area contributed by atoms with Gasteiger partial charge in [-0.15, -0.1) is 0 Å². The largest absolute Gasteiger partial charge is 0.482 e. The smallest absolute Gasteiger partial charge is 0.262 e. The van der Waals surface area contributed by atoms with Crippen LogP contribution >= 0.6 is 22.9 Å². The van der Waals surface area contributed by atoms with Gasteiger partial charge in [0.15, 0.2) is 6.61 Å². The number of nitrogens with zero attached hydrogens (tertiary/aromatic N) is 2. The Morgan fingerprint density at radius 2 is 2.04 bits per heavy atom. The summed E-state index contributed by atoms with van der Waals surface area (Å²) >= 11 is 7.57. The Morgan fingerprint density at radius 1 is 1.18 bits per heavy atom. The maximum atomic E-state index is 12.3. The number of halogens is 1. The minimum atomic E-state index is -0.258. The van der Waals surface area contributed by atoms with Crippen LogP contribution < -0.4 is 10.1 Å². The second-order valence-corrected chi connectivity index (χ2v) is 7.53. The van der Waals surface area contributed by atoms with Crippen molar-refractivity contribution >= 4 is 44.9 Å². The first kappa shape index (κ1) is 18.4. The number of thiazole rings is 1. The van der Waals surface area contributed by atoms with Gasteiger partial charge in [-0.1, -0.05) is 47.2 Å². The van der Waals surface area contributed by atoms with E-state index in [9.17, 15) is 4.79 Å². The van der Waals surface area contributed by atoms with Gasteiger partial charge in [-0.25, -0.2) is 9.97 Å². The third-order valence-corrected chi connectivity index (χ3v) is 5.46. The molecule has 0 atom stereocenters. The summed E-state index contributed by atoms with van der Waals surface area (Å²) in [5.74, 6) is 0.220.